The minimum atomic E-state index is -0.843. The second-order valence-corrected chi connectivity index (χ2v) is 6.56. The van der Waals surface area contributed by atoms with Crippen molar-refractivity contribution >= 4 is 11.9 Å². The molecule has 21 heavy (non-hydrogen) atoms. The predicted molar refractivity (Wildman–Crippen MR) is 78.7 cm³/mol. The molecule has 2 atom stereocenters. The quantitative estimate of drug-likeness (QED) is 0.791. The Morgan fingerprint density at radius 3 is 2.19 bits per heavy atom. The van der Waals surface area contributed by atoms with Gasteiger partial charge >= 0.3 is 5.97 Å². The van der Waals surface area contributed by atoms with E-state index in [2.05, 4.69) is 4.90 Å². The highest BCUT2D eigenvalue weighted by atomic mass is 16.4. The summed E-state index contributed by atoms with van der Waals surface area (Å²) in [6.45, 7) is 4.53. The van der Waals surface area contributed by atoms with E-state index in [9.17, 15) is 14.7 Å². The maximum absolute atomic E-state index is 12.6. The van der Waals surface area contributed by atoms with Gasteiger partial charge in [-0.1, -0.05) is 12.2 Å². The van der Waals surface area contributed by atoms with Crippen molar-refractivity contribution in [3.63, 3.8) is 0 Å². The number of hydrogen-bond acceptors (Lipinski definition) is 3. The van der Waals surface area contributed by atoms with Gasteiger partial charge in [-0.2, -0.15) is 0 Å². The van der Waals surface area contributed by atoms with E-state index in [0.29, 0.717) is 12.8 Å². The smallest absolute Gasteiger partial charge is 0.307 e. The van der Waals surface area contributed by atoms with Gasteiger partial charge in [-0.15, -0.1) is 0 Å². The van der Waals surface area contributed by atoms with Crippen molar-refractivity contribution in [3.05, 3.63) is 12.2 Å². The second kappa shape index (κ2) is 6.18. The first-order chi connectivity index (χ1) is 10.1. The van der Waals surface area contributed by atoms with Crippen LogP contribution in [0.1, 0.15) is 25.7 Å². The van der Waals surface area contributed by atoms with Crippen molar-refractivity contribution in [3.8, 4) is 0 Å². The summed E-state index contributed by atoms with van der Waals surface area (Å²) in [5, 5.41) is 9.29. The number of rotatable bonds is 4. The molecule has 5 heteroatoms. The van der Waals surface area contributed by atoms with Crippen LogP contribution in [0.5, 0.6) is 0 Å². The normalized spacial score (nSPS) is 30.4. The molecule has 1 heterocycles. The third-order valence-electron chi connectivity index (χ3n) is 4.96. The standard InChI is InChI=1S/C16H24N2O3/c19-15(13-3-1-2-4-14(13)16(20)21)18-9-7-17(8-10-18)11-12-5-6-12/h1-2,12-14H,3-11H2,(H,20,21)/t13-,14+/m1/s1. The molecule has 0 bridgehead atoms. The van der Waals surface area contributed by atoms with Crippen LogP contribution in [0.3, 0.4) is 0 Å². The van der Waals surface area contributed by atoms with E-state index in [0.717, 1.165) is 32.1 Å². The highest BCUT2D eigenvalue weighted by Crippen LogP contribution is 2.31. The molecule has 2 fully saturated rings. The number of nitrogens with zero attached hydrogens (tertiary/aromatic N) is 2. The van der Waals surface area contributed by atoms with Crippen LogP contribution in [0.15, 0.2) is 12.2 Å². The SMILES string of the molecule is O=C(O)[C@H]1CC=CC[C@H]1C(=O)N1CCN(CC2CC2)CC1. The van der Waals surface area contributed by atoms with Crippen LogP contribution < -0.4 is 0 Å². The Labute approximate surface area is 125 Å². The minimum Gasteiger partial charge on any atom is -0.481 e. The maximum Gasteiger partial charge on any atom is 0.307 e. The van der Waals surface area contributed by atoms with Gasteiger partial charge in [0.2, 0.25) is 5.91 Å². The van der Waals surface area contributed by atoms with Gasteiger partial charge in [0, 0.05) is 32.7 Å². The number of carboxylic acid groups (broad SMARTS) is 1. The van der Waals surface area contributed by atoms with Crippen LogP contribution >= 0.6 is 0 Å². The zero-order chi connectivity index (χ0) is 14.8. The summed E-state index contributed by atoms with van der Waals surface area (Å²) in [5.74, 6) is -0.843. The highest BCUT2D eigenvalue weighted by molar-refractivity contribution is 5.85. The molecule has 1 saturated carbocycles. The summed E-state index contributed by atoms with van der Waals surface area (Å²) in [7, 11) is 0. The third-order valence-corrected chi connectivity index (χ3v) is 4.96. The molecule has 3 aliphatic rings. The first kappa shape index (κ1) is 14.6. The summed E-state index contributed by atoms with van der Waals surface area (Å²) in [4.78, 5) is 28.3. The molecule has 0 spiro atoms. The zero-order valence-electron chi connectivity index (χ0n) is 12.4. The topological polar surface area (TPSA) is 60.9 Å². The van der Waals surface area contributed by atoms with E-state index >= 15 is 0 Å². The summed E-state index contributed by atoms with van der Waals surface area (Å²) >= 11 is 0. The number of aliphatic carboxylic acids is 1. The van der Waals surface area contributed by atoms with Gasteiger partial charge in [-0.05, 0) is 31.6 Å². The minimum absolute atomic E-state index is 0.0396. The Hall–Kier alpha value is -1.36. The molecule has 2 aliphatic carbocycles. The van der Waals surface area contributed by atoms with Crippen LogP contribution in [-0.4, -0.2) is 59.5 Å². The van der Waals surface area contributed by atoms with Crippen molar-refractivity contribution in [2.45, 2.75) is 25.7 Å². The van der Waals surface area contributed by atoms with Crippen molar-refractivity contribution in [1.82, 2.24) is 9.80 Å². The third kappa shape index (κ3) is 3.46. The molecule has 3 rings (SSSR count). The van der Waals surface area contributed by atoms with Crippen molar-refractivity contribution in [1.29, 1.82) is 0 Å². The predicted octanol–water partition coefficient (Wildman–Crippen LogP) is 1.21. The number of carbonyl (C=O) groups excluding carboxylic acids is 1. The Kier molecular flexibility index (Phi) is 4.29. The van der Waals surface area contributed by atoms with E-state index < -0.39 is 11.9 Å². The van der Waals surface area contributed by atoms with Crippen molar-refractivity contribution < 1.29 is 14.7 Å². The molecule has 1 amide bonds. The fourth-order valence-corrected chi connectivity index (χ4v) is 3.41. The second-order valence-electron chi connectivity index (χ2n) is 6.56. The Morgan fingerprint density at radius 2 is 1.62 bits per heavy atom. The van der Waals surface area contributed by atoms with Crippen LogP contribution in [0.25, 0.3) is 0 Å². The number of hydrogen-bond donors (Lipinski definition) is 1. The van der Waals surface area contributed by atoms with Crippen molar-refractivity contribution in [2.75, 3.05) is 32.7 Å². The van der Waals surface area contributed by atoms with Crippen LogP contribution in [0.2, 0.25) is 0 Å². The Balaban J connectivity index is 1.55. The summed E-state index contributed by atoms with van der Waals surface area (Å²) in [6.07, 6.45) is 7.59. The lowest BCUT2D eigenvalue weighted by molar-refractivity contribution is -0.151. The molecule has 116 valence electrons. The highest BCUT2D eigenvalue weighted by Gasteiger charge is 2.37. The molecule has 5 nitrogen and oxygen atoms in total. The van der Waals surface area contributed by atoms with Gasteiger partial charge < -0.3 is 10.0 Å². The van der Waals surface area contributed by atoms with Crippen LogP contribution in [-0.2, 0) is 9.59 Å². The molecule has 1 N–H and O–H groups in total. The molecule has 1 saturated heterocycles. The first-order valence-corrected chi connectivity index (χ1v) is 8.04. The van der Waals surface area contributed by atoms with E-state index in [1.165, 1.54) is 19.4 Å². The van der Waals surface area contributed by atoms with Gasteiger partial charge in [0.15, 0.2) is 0 Å². The number of allylic oxidation sites excluding steroid dienone is 2. The van der Waals surface area contributed by atoms with Gasteiger partial charge in [-0.25, -0.2) is 0 Å². The largest absolute Gasteiger partial charge is 0.481 e. The lowest BCUT2D eigenvalue weighted by atomic mass is 9.82. The summed E-state index contributed by atoms with van der Waals surface area (Å²) < 4.78 is 0. The lowest BCUT2D eigenvalue weighted by Crippen LogP contribution is -2.52. The maximum atomic E-state index is 12.6. The van der Waals surface area contributed by atoms with E-state index in [1.807, 2.05) is 17.1 Å². The number of carbonyl (C=O) groups is 2. The van der Waals surface area contributed by atoms with Crippen LogP contribution in [0, 0.1) is 17.8 Å². The number of carboxylic acids is 1. The Bertz CT molecular complexity index is 437. The van der Waals surface area contributed by atoms with E-state index in [-0.39, 0.29) is 11.8 Å². The molecular formula is C16H24N2O3. The molecule has 0 aromatic rings. The molecule has 0 aromatic carbocycles. The monoisotopic (exact) mass is 292 g/mol. The first-order valence-electron chi connectivity index (χ1n) is 8.04. The number of amides is 1. The van der Waals surface area contributed by atoms with E-state index in [4.69, 9.17) is 0 Å². The van der Waals surface area contributed by atoms with Gasteiger partial charge in [0.25, 0.3) is 0 Å². The van der Waals surface area contributed by atoms with Gasteiger partial charge in [0.05, 0.1) is 11.8 Å². The fourth-order valence-electron chi connectivity index (χ4n) is 3.41. The molecule has 0 aromatic heterocycles. The fraction of sp³-hybridized carbons (Fsp3) is 0.750. The molecule has 0 radical (unpaired) electrons. The lowest BCUT2D eigenvalue weighted by Gasteiger charge is -2.37. The Morgan fingerprint density at radius 1 is 1.00 bits per heavy atom. The van der Waals surface area contributed by atoms with Crippen molar-refractivity contribution in [2.24, 2.45) is 17.8 Å². The summed E-state index contributed by atoms with van der Waals surface area (Å²) in [5.41, 5.74) is 0. The average Bonchev–Trinajstić information content (AvgIpc) is 3.31. The van der Waals surface area contributed by atoms with E-state index in [1.54, 1.807) is 0 Å². The zero-order valence-corrected chi connectivity index (χ0v) is 12.4. The summed E-state index contributed by atoms with van der Waals surface area (Å²) in [6, 6.07) is 0. The average molecular weight is 292 g/mol. The van der Waals surface area contributed by atoms with Gasteiger partial charge in [0.1, 0.15) is 0 Å². The van der Waals surface area contributed by atoms with Crippen LogP contribution in [0.4, 0.5) is 0 Å². The van der Waals surface area contributed by atoms with Gasteiger partial charge in [-0.3, -0.25) is 14.5 Å². The molecule has 1 aliphatic heterocycles. The number of piperazine rings is 1. The molecule has 0 unspecified atom stereocenters. The molecular weight excluding hydrogens is 268 g/mol.